The molecule has 9 heteroatoms. The topological polar surface area (TPSA) is 118 Å². The Morgan fingerprint density at radius 3 is 2.76 bits per heavy atom. The first-order valence-electron chi connectivity index (χ1n) is 6.62. The van der Waals surface area contributed by atoms with Crippen molar-refractivity contribution in [1.29, 1.82) is 0 Å². The molecule has 1 aromatic heterocycles. The van der Waals surface area contributed by atoms with Gasteiger partial charge in [0.1, 0.15) is 10.7 Å². The smallest absolute Gasteiger partial charge is 0.265 e. The van der Waals surface area contributed by atoms with Crippen LogP contribution in [0.25, 0.3) is 0 Å². The van der Waals surface area contributed by atoms with E-state index in [2.05, 4.69) is 20.9 Å². The van der Waals surface area contributed by atoms with Gasteiger partial charge in [0.2, 0.25) is 5.91 Å². The standard InChI is InChI=1S/C12H21N5O3S/c1-3-4-15-12-17-10(13)9(21-12)11(19)16-7-8(18)14-5-6-20-2/h3-7,13H2,1-2H3,(H,14,18)(H,15,17)(H,16,19). The molecule has 1 heterocycles. The molecule has 1 rings (SSSR count). The van der Waals surface area contributed by atoms with E-state index in [0.717, 1.165) is 13.0 Å². The average Bonchev–Trinajstić information content (AvgIpc) is 2.84. The molecule has 0 atom stereocenters. The number of methoxy groups -OCH3 is 1. The molecule has 0 saturated carbocycles. The number of nitrogens with zero attached hydrogens (tertiary/aromatic N) is 1. The quantitative estimate of drug-likeness (QED) is 0.478. The van der Waals surface area contributed by atoms with E-state index in [9.17, 15) is 9.59 Å². The molecule has 0 spiro atoms. The molecule has 0 aliphatic heterocycles. The van der Waals surface area contributed by atoms with Crippen LogP contribution in [0, 0.1) is 0 Å². The van der Waals surface area contributed by atoms with E-state index in [1.54, 1.807) is 7.11 Å². The van der Waals surface area contributed by atoms with Crippen LogP contribution >= 0.6 is 11.3 Å². The average molecular weight is 315 g/mol. The van der Waals surface area contributed by atoms with E-state index in [4.69, 9.17) is 10.5 Å². The number of nitrogen functional groups attached to an aromatic ring is 1. The predicted octanol–water partition coefficient (Wildman–Crippen LogP) is 0.0396. The van der Waals surface area contributed by atoms with E-state index >= 15 is 0 Å². The fourth-order valence-corrected chi connectivity index (χ4v) is 2.22. The highest BCUT2D eigenvalue weighted by Crippen LogP contribution is 2.24. The number of carbonyl (C=O) groups is 2. The van der Waals surface area contributed by atoms with E-state index in [1.807, 2.05) is 6.92 Å². The number of anilines is 2. The minimum absolute atomic E-state index is 0.113. The second-order valence-corrected chi connectivity index (χ2v) is 5.18. The molecule has 5 N–H and O–H groups in total. The van der Waals surface area contributed by atoms with E-state index < -0.39 is 5.91 Å². The van der Waals surface area contributed by atoms with Crippen molar-refractivity contribution in [2.75, 3.05) is 44.4 Å². The zero-order valence-electron chi connectivity index (χ0n) is 12.2. The van der Waals surface area contributed by atoms with Crippen molar-refractivity contribution in [1.82, 2.24) is 15.6 Å². The Hall–Kier alpha value is -1.87. The van der Waals surface area contributed by atoms with Crippen LogP contribution in [-0.2, 0) is 9.53 Å². The molecule has 0 radical (unpaired) electrons. The van der Waals surface area contributed by atoms with Crippen molar-refractivity contribution in [3.8, 4) is 0 Å². The Morgan fingerprint density at radius 1 is 1.33 bits per heavy atom. The molecule has 21 heavy (non-hydrogen) atoms. The monoisotopic (exact) mass is 315 g/mol. The highest BCUT2D eigenvalue weighted by Gasteiger charge is 2.16. The maximum atomic E-state index is 11.9. The molecule has 118 valence electrons. The number of hydrogen-bond donors (Lipinski definition) is 4. The number of amides is 2. The number of nitrogens with two attached hydrogens (primary N) is 1. The maximum Gasteiger partial charge on any atom is 0.265 e. The summed E-state index contributed by atoms with van der Waals surface area (Å²) in [6, 6.07) is 0. The minimum atomic E-state index is -0.406. The Bertz CT molecular complexity index is 477. The van der Waals surface area contributed by atoms with Gasteiger partial charge in [0.25, 0.3) is 5.91 Å². The second-order valence-electron chi connectivity index (χ2n) is 4.19. The molecule has 0 aliphatic rings. The summed E-state index contributed by atoms with van der Waals surface area (Å²) in [6.07, 6.45) is 0.947. The number of aromatic nitrogens is 1. The Kier molecular flexibility index (Phi) is 7.48. The number of carbonyl (C=O) groups excluding carboxylic acids is 2. The van der Waals surface area contributed by atoms with E-state index in [1.165, 1.54) is 11.3 Å². The van der Waals surface area contributed by atoms with Crippen LogP contribution in [-0.4, -0.2) is 50.1 Å². The van der Waals surface area contributed by atoms with Gasteiger partial charge in [0.15, 0.2) is 5.13 Å². The normalized spacial score (nSPS) is 10.2. The summed E-state index contributed by atoms with van der Waals surface area (Å²) in [5.41, 5.74) is 5.70. The molecule has 0 saturated heterocycles. The van der Waals surface area contributed by atoms with E-state index in [-0.39, 0.29) is 18.3 Å². The highest BCUT2D eigenvalue weighted by atomic mass is 32.1. The Balaban J connectivity index is 2.44. The van der Waals surface area contributed by atoms with Crippen LogP contribution in [0.2, 0.25) is 0 Å². The predicted molar refractivity (Wildman–Crippen MR) is 82.5 cm³/mol. The summed E-state index contributed by atoms with van der Waals surface area (Å²) in [4.78, 5) is 27.8. The van der Waals surface area contributed by atoms with Crippen molar-refractivity contribution in [2.24, 2.45) is 0 Å². The SMILES string of the molecule is CCCNc1nc(N)c(C(=O)NCC(=O)NCCOC)s1. The van der Waals surface area contributed by atoms with Crippen LogP contribution in [0.1, 0.15) is 23.0 Å². The third-order valence-corrected chi connectivity index (χ3v) is 3.45. The lowest BCUT2D eigenvalue weighted by atomic mass is 10.4. The number of nitrogens with one attached hydrogen (secondary N) is 3. The van der Waals surface area contributed by atoms with Crippen LogP contribution < -0.4 is 21.7 Å². The first-order valence-corrected chi connectivity index (χ1v) is 7.44. The van der Waals surface area contributed by atoms with Gasteiger partial charge >= 0.3 is 0 Å². The molecule has 0 aliphatic carbocycles. The lowest BCUT2D eigenvalue weighted by Crippen LogP contribution is -2.38. The zero-order valence-corrected chi connectivity index (χ0v) is 13.0. The van der Waals surface area contributed by atoms with Crippen LogP contribution in [0.4, 0.5) is 10.9 Å². The lowest BCUT2D eigenvalue weighted by molar-refractivity contribution is -0.120. The second kappa shape index (κ2) is 9.14. The number of ether oxygens (including phenoxy) is 1. The minimum Gasteiger partial charge on any atom is -0.383 e. The van der Waals surface area contributed by atoms with Crippen molar-refractivity contribution >= 4 is 34.1 Å². The summed E-state index contributed by atoms with van der Waals surface area (Å²) < 4.78 is 4.81. The van der Waals surface area contributed by atoms with Gasteiger partial charge < -0.3 is 26.4 Å². The third-order valence-electron chi connectivity index (χ3n) is 2.42. The zero-order chi connectivity index (χ0) is 15.7. The molecule has 0 aromatic carbocycles. The van der Waals surface area contributed by atoms with Gasteiger partial charge in [-0.2, -0.15) is 0 Å². The molecule has 2 amide bonds. The lowest BCUT2D eigenvalue weighted by Gasteiger charge is -2.05. The maximum absolute atomic E-state index is 11.9. The summed E-state index contributed by atoms with van der Waals surface area (Å²) in [6.45, 7) is 3.50. The van der Waals surface area contributed by atoms with Gasteiger partial charge in [-0.15, -0.1) is 0 Å². The largest absolute Gasteiger partial charge is 0.383 e. The van der Waals surface area contributed by atoms with Crippen LogP contribution in [0.15, 0.2) is 0 Å². The molecular formula is C12H21N5O3S. The fraction of sp³-hybridized carbons (Fsp3) is 0.583. The van der Waals surface area contributed by atoms with Gasteiger partial charge in [-0.1, -0.05) is 18.3 Å². The van der Waals surface area contributed by atoms with Crippen molar-refractivity contribution in [3.05, 3.63) is 4.88 Å². The number of rotatable bonds is 9. The van der Waals surface area contributed by atoms with Crippen molar-refractivity contribution in [2.45, 2.75) is 13.3 Å². The third kappa shape index (κ3) is 5.96. The fourth-order valence-electron chi connectivity index (χ4n) is 1.40. The molecule has 0 fully saturated rings. The Labute approximate surface area is 127 Å². The molecular weight excluding hydrogens is 294 g/mol. The van der Waals surface area contributed by atoms with Gasteiger partial charge in [0.05, 0.1) is 13.2 Å². The van der Waals surface area contributed by atoms with Gasteiger partial charge in [-0.05, 0) is 6.42 Å². The number of hydrogen-bond acceptors (Lipinski definition) is 7. The first kappa shape index (κ1) is 17.2. The van der Waals surface area contributed by atoms with Gasteiger partial charge in [-0.25, -0.2) is 4.98 Å². The van der Waals surface area contributed by atoms with Crippen molar-refractivity contribution < 1.29 is 14.3 Å². The van der Waals surface area contributed by atoms with E-state index in [0.29, 0.717) is 23.2 Å². The summed E-state index contributed by atoms with van der Waals surface area (Å²) in [7, 11) is 1.55. The Morgan fingerprint density at radius 2 is 2.10 bits per heavy atom. The van der Waals surface area contributed by atoms with Gasteiger partial charge in [-0.3, -0.25) is 9.59 Å². The molecule has 1 aromatic rings. The summed E-state index contributed by atoms with van der Waals surface area (Å²) in [5.74, 6) is -0.528. The van der Waals surface area contributed by atoms with Gasteiger partial charge in [0, 0.05) is 20.2 Å². The first-order chi connectivity index (χ1) is 10.1. The van der Waals surface area contributed by atoms with Crippen LogP contribution in [0.3, 0.4) is 0 Å². The molecule has 0 bridgehead atoms. The molecule has 8 nitrogen and oxygen atoms in total. The number of thiazole rings is 1. The summed E-state index contributed by atoms with van der Waals surface area (Å²) in [5, 5.41) is 8.78. The highest BCUT2D eigenvalue weighted by molar-refractivity contribution is 7.18. The van der Waals surface area contributed by atoms with Crippen molar-refractivity contribution in [3.63, 3.8) is 0 Å². The van der Waals surface area contributed by atoms with Crippen LogP contribution in [0.5, 0.6) is 0 Å². The molecule has 0 unspecified atom stereocenters. The summed E-state index contributed by atoms with van der Waals surface area (Å²) >= 11 is 1.17.